The van der Waals surface area contributed by atoms with Crippen LogP contribution in [0.5, 0.6) is 0 Å². The molecule has 1 aromatic carbocycles. The molecule has 0 saturated heterocycles. The van der Waals surface area contributed by atoms with E-state index in [4.69, 9.17) is 5.11 Å². The molecule has 0 spiro atoms. The maximum atomic E-state index is 13.2. The van der Waals surface area contributed by atoms with Crippen molar-refractivity contribution >= 4 is 5.91 Å². The number of nitrogens with zero attached hydrogens (tertiary/aromatic N) is 1. The molecule has 1 rings (SSSR count). The Balaban J connectivity index is 2.77. The minimum Gasteiger partial charge on any atom is -0.384 e. The predicted molar refractivity (Wildman–Crippen MR) is 54.5 cm³/mol. The largest absolute Gasteiger partial charge is 0.384 e. The van der Waals surface area contributed by atoms with Crippen LogP contribution in [0.1, 0.15) is 12.5 Å². The van der Waals surface area contributed by atoms with Gasteiger partial charge in [-0.1, -0.05) is 6.07 Å². The van der Waals surface area contributed by atoms with E-state index in [0.717, 1.165) is 12.1 Å². The van der Waals surface area contributed by atoms with Gasteiger partial charge < -0.3 is 10.0 Å². The van der Waals surface area contributed by atoms with Crippen LogP contribution in [-0.4, -0.2) is 29.1 Å². The Bertz CT molecular complexity index is 394. The molecule has 0 radical (unpaired) electrons. The van der Waals surface area contributed by atoms with Gasteiger partial charge >= 0.3 is 0 Å². The standard InChI is InChI=1S/C11H13F2NO2/c1-7(15)11(16)14(2)6-8-3-4-9(12)5-10(8)13/h3-5,7,15H,6H2,1-2H3. The lowest BCUT2D eigenvalue weighted by Crippen LogP contribution is -2.34. The zero-order chi connectivity index (χ0) is 12.3. The first kappa shape index (κ1) is 12.6. The monoisotopic (exact) mass is 229 g/mol. The Labute approximate surface area is 92.3 Å². The molecular formula is C11H13F2NO2. The number of carbonyl (C=O) groups is 1. The van der Waals surface area contributed by atoms with E-state index in [-0.39, 0.29) is 12.1 Å². The molecule has 5 heteroatoms. The number of amides is 1. The van der Waals surface area contributed by atoms with E-state index < -0.39 is 23.6 Å². The Kier molecular flexibility index (Phi) is 3.95. The molecule has 0 bridgehead atoms. The van der Waals surface area contributed by atoms with Crippen molar-refractivity contribution in [2.24, 2.45) is 0 Å². The maximum absolute atomic E-state index is 13.2. The number of benzene rings is 1. The molecule has 0 aliphatic carbocycles. The normalized spacial score (nSPS) is 12.3. The SMILES string of the molecule is CC(O)C(=O)N(C)Cc1ccc(F)cc1F. The van der Waals surface area contributed by atoms with Crippen LogP contribution >= 0.6 is 0 Å². The number of carbonyl (C=O) groups excluding carboxylic acids is 1. The maximum Gasteiger partial charge on any atom is 0.251 e. The highest BCUT2D eigenvalue weighted by Gasteiger charge is 2.16. The zero-order valence-corrected chi connectivity index (χ0v) is 9.08. The Hall–Kier alpha value is -1.49. The van der Waals surface area contributed by atoms with Gasteiger partial charge in [0.15, 0.2) is 0 Å². The second-order valence-corrected chi connectivity index (χ2v) is 3.61. The summed E-state index contributed by atoms with van der Waals surface area (Å²) >= 11 is 0. The van der Waals surface area contributed by atoms with Crippen LogP contribution in [0, 0.1) is 11.6 Å². The van der Waals surface area contributed by atoms with Gasteiger partial charge in [0.2, 0.25) is 0 Å². The number of hydrogen-bond donors (Lipinski definition) is 1. The second-order valence-electron chi connectivity index (χ2n) is 3.61. The highest BCUT2D eigenvalue weighted by molar-refractivity contribution is 5.79. The summed E-state index contributed by atoms with van der Waals surface area (Å²) in [5, 5.41) is 9.04. The molecule has 0 fully saturated rings. The van der Waals surface area contributed by atoms with Crippen LogP contribution in [-0.2, 0) is 11.3 Å². The highest BCUT2D eigenvalue weighted by atomic mass is 19.1. The average Bonchev–Trinajstić information content (AvgIpc) is 2.20. The summed E-state index contributed by atoms with van der Waals surface area (Å²) in [6.45, 7) is 1.33. The molecule has 0 heterocycles. The van der Waals surface area contributed by atoms with Gasteiger partial charge in [-0.2, -0.15) is 0 Å². The second kappa shape index (κ2) is 5.03. The summed E-state index contributed by atoms with van der Waals surface area (Å²) in [7, 11) is 1.44. The van der Waals surface area contributed by atoms with Gasteiger partial charge in [-0.05, 0) is 13.0 Å². The van der Waals surface area contributed by atoms with Crippen LogP contribution in [0.2, 0.25) is 0 Å². The van der Waals surface area contributed by atoms with Crippen molar-refractivity contribution < 1.29 is 18.7 Å². The lowest BCUT2D eigenvalue weighted by atomic mass is 10.2. The van der Waals surface area contributed by atoms with E-state index in [2.05, 4.69) is 0 Å². The molecule has 88 valence electrons. The third-order valence-electron chi connectivity index (χ3n) is 2.16. The minimum absolute atomic E-state index is 0.00412. The van der Waals surface area contributed by atoms with E-state index in [9.17, 15) is 13.6 Å². The van der Waals surface area contributed by atoms with E-state index in [1.807, 2.05) is 0 Å². The third kappa shape index (κ3) is 3.00. The summed E-state index contributed by atoms with van der Waals surface area (Å²) in [4.78, 5) is 12.5. The number of aliphatic hydroxyl groups excluding tert-OH is 1. The van der Waals surface area contributed by atoms with Crippen LogP contribution in [0.3, 0.4) is 0 Å². The molecule has 1 aromatic rings. The molecule has 1 atom stereocenters. The van der Waals surface area contributed by atoms with Crippen molar-refractivity contribution in [3.8, 4) is 0 Å². The molecule has 0 aliphatic rings. The van der Waals surface area contributed by atoms with Crippen molar-refractivity contribution in [1.29, 1.82) is 0 Å². The van der Waals surface area contributed by atoms with Crippen molar-refractivity contribution in [3.63, 3.8) is 0 Å². The molecule has 1 amide bonds. The molecule has 1 N–H and O–H groups in total. The van der Waals surface area contributed by atoms with Gasteiger partial charge in [-0.25, -0.2) is 8.78 Å². The summed E-state index contributed by atoms with van der Waals surface area (Å²) in [5.41, 5.74) is 0.206. The van der Waals surface area contributed by atoms with Crippen LogP contribution in [0.4, 0.5) is 8.78 Å². The summed E-state index contributed by atoms with van der Waals surface area (Å²) in [5.74, 6) is -1.88. The fourth-order valence-corrected chi connectivity index (χ4v) is 1.30. The number of halogens is 2. The molecule has 0 saturated carbocycles. The molecule has 16 heavy (non-hydrogen) atoms. The molecule has 0 aromatic heterocycles. The lowest BCUT2D eigenvalue weighted by molar-refractivity contribution is -0.138. The third-order valence-corrected chi connectivity index (χ3v) is 2.16. The minimum atomic E-state index is -1.13. The Morgan fingerprint density at radius 2 is 2.12 bits per heavy atom. The van der Waals surface area contributed by atoms with Gasteiger partial charge in [0.05, 0.1) is 0 Å². The van der Waals surface area contributed by atoms with Gasteiger partial charge in [-0.15, -0.1) is 0 Å². The van der Waals surface area contributed by atoms with Crippen molar-refractivity contribution in [3.05, 3.63) is 35.4 Å². The first-order chi connectivity index (χ1) is 7.41. The first-order valence-electron chi connectivity index (χ1n) is 4.78. The van der Waals surface area contributed by atoms with Crippen LogP contribution in [0.15, 0.2) is 18.2 Å². The summed E-state index contributed by atoms with van der Waals surface area (Å²) in [6, 6.07) is 3.16. The highest BCUT2D eigenvalue weighted by Crippen LogP contribution is 2.11. The van der Waals surface area contributed by atoms with Crippen molar-refractivity contribution in [2.75, 3.05) is 7.05 Å². The number of hydrogen-bond acceptors (Lipinski definition) is 2. The van der Waals surface area contributed by atoms with Gasteiger partial charge in [0, 0.05) is 25.2 Å². The first-order valence-corrected chi connectivity index (χ1v) is 4.78. The Morgan fingerprint density at radius 3 is 2.62 bits per heavy atom. The predicted octanol–water partition coefficient (Wildman–Crippen LogP) is 1.30. The van der Waals surface area contributed by atoms with E-state index >= 15 is 0 Å². The molecule has 3 nitrogen and oxygen atoms in total. The van der Waals surface area contributed by atoms with Crippen molar-refractivity contribution in [2.45, 2.75) is 19.6 Å². The lowest BCUT2D eigenvalue weighted by Gasteiger charge is -2.19. The van der Waals surface area contributed by atoms with Gasteiger partial charge in [0.1, 0.15) is 17.7 Å². The number of rotatable bonds is 3. The fourth-order valence-electron chi connectivity index (χ4n) is 1.30. The Morgan fingerprint density at radius 1 is 1.50 bits per heavy atom. The quantitative estimate of drug-likeness (QED) is 0.848. The van der Waals surface area contributed by atoms with E-state index in [0.29, 0.717) is 0 Å². The average molecular weight is 229 g/mol. The number of aliphatic hydroxyl groups is 1. The van der Waals surface area contributed by atoms with Crippen LogP contribution < -0.4 is 0 Å². The van der Waals surface area contributed by atoms with Gasteiger partial charge in [-0.3, -0.25) is 4.79 Å². The fraction of sp³-hybridized carbons (Fsp3) is 0.364. The number of likely N-dealkylation sites (N-methyl/N-ethyl adjacent to an activating group) is 1. The van der Waals surface area contributed by atoms with Crippen molar-refractivity contribution in [1.82, 2.24) is 4.90 Å². The van der Waals surface area contributed by atoms with Gasteiger partial charge in [0.25, 0.3) is 5.91 Å². The smallest absolute Gasteiger partial charge is 0.251 e. The van der Waals surface area contributed by atoms with E-state index in [1.165, 1.54) is 24.9 Å². The molecule has 0 aliphatic heterocycles. The van der Waals surface area contributed by atoms with E-state index in [1.54, 1.807) is 0 Å². The molecular weight excluding hydrogens is 216 g/mol. The molecule has 1 unspecified atom stereocenters. The van der Waals surface area contributed by atoms with Crippen LogP contribution in [0.25, 0.3) is 0 Å². The summed E-state index contributed by atoms with van der Waals surface area (Å²) in [6.07, 6.45) is -1.13. The summed E-state index contributed by atoms with van der Waals surface area (Å²) < 4.78 is 25.8. The topological polar surface area (TPSA) is 40.5 Å². The zero-order valence-electron chi connectivity index (χ0n) is 9.08.